The predicted molar refractivity (Wildman–Crippen MR) is 57.9 cm³/mol. The van der Waals surface area contributed by atoms with E-state index in [4.69, 9.17) is 11.5 Å². The van der Waals surface area contributed by atoms with Crippen molar-refractivity contribution >= 4 is 12.0 Å². The predicted octanol–water partition coefficient (Wildman–Crippen LogP) is -0.249. The van der Waals surface area contributed by atoms with Gasteiger partial charge in [0.2, 0.25) is 0 Å². The van der Waals surface area contributed by atoms with Gasteiger partial charge in [0.25, 0.3) is 0 Å². The van der Waals surface area contributed by atoms with E-state index in [0.29, 0.717) is 6.54 Å². The standard InChI is InChI=1S/C10H16N2O4/c1-4-6-12(5-2)10(15)11-7-8(16-3)9(13)14/h1,8H,5-7H2,2-3H3,(H,11,15)(H,13,14). The normalized spacial score (nSPS) is 11.3. The van der Waals surface area contributed by atoms with Crippen LogP contribution in [0.15, 0.2) is 0 Å². The fraction of sp³-hybridized carbons (Fsp3) is 0.600. The van der Waals surface area contributed by atoms with E-state index in [9.17, 15) is 9.59 Å². The van der Waals surface area contributed by atoms with Crippen molar-refractivity contribution in [3.8, 4) is 12.3 Å². The van der Waals surface area contributed by atoms with E-state index in [0.717, 1.165) is 0 Å². The molecule has 2 amide bonds. The molecule has 0 aromatic rings. The number of amides is 2. The fourth-order valence-corrected chi connectivity index (χ4v) is 1.00. The summed E-state index contributed by atoms with van der Waals surface area (Å²) in [6.07, 6.45) is 4.03. The van der Waals surface area contributed by atoms with Gasteiger partial charge in [-0.1, -0.05) is 5.92 Å². The number of nitrogens with one attached hydrogen (secondary N) is 1. The van der Waals surface area contributed by atoms with Crippen LogP contribution in [0.3, 0.4) is 0 Å². The Morgan fingerprint density at radius 1 is 1.62 bits per heavy atom. The number of methoxy groups -OCH3 is 1. The first-order valence-electron chi connectivity index (χ1n) is 4.78. The van der Waals surface area contributed by atoms with E-state index in [-0.39, 0.29) is 13.1 Å². The molecule has 0 aliphatic rings. The van der Waals surface area contributed by atoms with Crippen molar-refractivity contribution in [1.29, 1.82) is 0 Å². The van der Waals surface area contributed by atoms with E-state index in [1.165, 1.54) is 12.0 Å². The van der Waals surface area contributed by atoms with Gasteiger partial charge in [-0.25, -0.2) is 9.59 Å². The summed E-state index contributed by atoms with van der Waals surface area (Å²) in [7, 11) is 1.27. The summed E-state index contributed by atoms with van der Waals surface area (Å²) in [4.78, 5) is 23.4. The van der Waals surface area contributed by atoms with Gasteiger partial charge < -0.3 is 20.1 Å². The Balaban J connectivity index is 4.14. The molecular weight excluding hydrogens is 212 g/mol. The van der Waals surface area contributed by atoms with Gasteiger partial charge in [0.15, 0.2) is 6.10 Å². The maximum absolute atomic E-state index is 11.5. The second-order valence-electron chi connectivity index (χ2n) is 2.97. The van der Waals surface area contributed by atoms with Crippen molar-refractivity contribution in [1.82, 2.24) is 10.2 Å². The van der Waals surface area contributed by atoms with Crippen LogP contribution in [0, 0.1) is 12.3 Å². The van der Waals surface area contributed by atoms with Gasteiger partial charge >= 0.3 is 12.0 Å². The summed E-state index contributed by atoms with van der Waals surface area (Å²) < 4.78 is 4.66. The van der Waals surface area contributed by atoms with Crippen LogP contribution in [-0.2, 0) is 9.53 Å². The monoisotopic (exact) mass is 228 g/mol. The first kappa shape index (κ1) is 14.3. The third-order valence-corrected chi connectivity index (χ3v) is 1.95. The molecule has 90 valence electrons. The molecule has 6 nitrogen and oxygen atoms in total. The number of carbonyl (C=O) groups is 2. The van der Waals surface area contributed by atoms with Crippen molar-refractivity contribution in [2.24, 2.45) is 0 Å². The quantitative estimate of drug-likeness (QED) is 0.614. The van der Waals surface area contributed by atoms with Crippen LogP contribution < -0.4 is 5.32 Å². The average molecular weight is 228 g/mol. The molecule has 1 atom stereocenters. The Morgan fingerprint density at radius 3 is 2.62 bits per heavy atom. The minimum atomic E-state index is -1.12. The zero-order valence-corrected chi connectivity index (χ0v) is 9.40. The summed E-state index contributed by atoms with van der Waals surface area (Å²) in [5.41, 5.74) is 0. The Hall–Kier alpha value is -1.74. The van der Waals surface area contributed by atoms with Crippen molar-refractivity contribution in [3.63, 3.8) is 0 Å². The molecule has 0 spiro atoms. The second-order valence-corrected chi connectivity index (χ2v) is 2.97. The molecular formula is C10H16N2O4. The zero-order valence-electron chi connectivity index (χ0n) is 9.40. The number of rotatable bonds is 6. The van der Waals surface area contributed by atoms with Crippen LogP contribution in [0.1, 0.15) is 6.92 Å². The SMILES string of the molecule is C#CCN(CC)C(=O)NCC(OC)C(=O)O. The van der Waals surface area contributed by atoms with Gasteiger partial charge in [-0.3, -0.25) is 0 Å². The molecule has 0 aliphatic heterocycles. The number of urea groups is 1. The third-order valence-electron chi connectivity index (χ3n) is 1.95. The van der Waals surface area contributed by atoms with Gasteiger partial charge in [0.1, 0.15) is 0 Å². The number of carboxylic acid groups (broad SMARTS) is 1. The summed E-state index contributed by atoms with van der Waals surface area (Å²) in [6.45, 7) is 2.33. The molecule has 0 radical (unpaired) electrons. The molecule has 0 rings (SSSR count). The van der Waals surface area contributed by atoms with Crippen molar-refractivity contribution < 1.29 is 19.4 Å². The van der Waals surface area contributed by atoms with E-state index in [1.807, 2.05) is 0 Å². The second kappa shape index (κ2) is 7.54. The van der Waals surface area contributed by atoms with Crippen molar-refractivity contribution in [2.75, 3.05) is 26.7 Å². The molecule has 1 unspecified atom stereocenters. The van der Waals surface area contributed by atoms with Gasteiger partial charge in [-0.2, -0.15) is 0 Å². The highest BCUT2D eigenvalue weighted by atomic mass is 16.5. The number of terminal acetylenes is 1. The number of carboxylic acids is 1. The van der Waals surface area contributed by atoms with Gasteiger partial charge in [0.05, 0.1) is 13.1 Å². The lowest BCUT2D eigenvalue weighted by molar-refractivity contribution is -0.148. The van der Waals surface area contributed by atoms with E-state index in [2.05, 4.69) is 16.0 Å². The van der Waals surface area contributed by atoms with Crippen LogP contribution >= 0.6 is 0 Å². The number of aliphatic carboxylic acids is 1. The molecule has 2 N–H and O–H groups in total. The molecule has 0 aromatic carbocycles. The third kappa shape index (κ3) is 4.66. The minimum Gasteiger partial charge on any atom is -0.479 e. The number of ether oxygens (including phenoxy) is 1. The van der Waals surface area contributed by atoms with Crippen molar-refractivity contribution in [3.05, 3.63) is 0 Å². The molecule has 0 saturated carbocycles. The lowest BCUT2D eigenvalue weighted by Crippen LogP contribution is -2.45. The van der Waals surface area contributed by atoms with Crippen LogP contribution in [0.4, 0.5) is 4.79 Å². The Labute approximate surface area is 94.6 Å². The van der Waals surface area contributed by atoms with Crippen LogP contribution in [-0.4, -0.2) is 54.9 Å². The molecule has 0 saturated heterocycles. The highest BCUT2D eigenvalue weighted by molar-refractivity contribution is 5.77. The highest BCUT2D eigenvalue weighted by Gasteiger charge is 2.18. The average Bonchev–Trinajstić information content (AvgIpc) is 2.25. The Kier molecular flexibility index (Phi) is 6.72. The smallest absolute Gasteiger partial charge is 0.334 e. The van der Waals surface area contributed by atoms with Crippen LogP contribution in [0.25, 0.3) is 0 Å². The number of carbonyl (C=O) groups excluding carboxylic acids is 1. The maximum Gasteiger partial charge on any atom is 0.334 e. The molecule has 0 aromatic heterocycles. The first-order valence-corrected chi connectivity index (χ1v) is 4.78. The topological polar surface area (TPSA) is 78.9 Å². The van der Waals surface area contributed by atoms with E-state index >= 15 is 0 Å². The highest BCUT2D eigenvalue weighted by Crippen LogP contribution is 1.91. The molecule has 0 heterocycles. The van der Waals surface area contributed by atoms with E-state index < -0.39 is 18.1 Å². The molecule has 6 heteroatoms. The van der Waals surface area contributed by atoms with Crippen LogP contribution in [0.2, 0.25) is 0 Å². The van der Waals surface area contributed by atoms with Crippen LogP contribution in [0.5, 0.6) is 0 Å². The lowest BCUT2D eigenvalue weighted by atomic mass is 10.3. The Bertz CT molecular complexity index is 285. The molecule has 16 heavy (non-hydrogen) atoms. The summed E-state index contributed by atoms with van der Waals surface area (Å²) in [6, 6.07) is -0.399. The largest absolute Gasteiger partial charge is 0.479 e. The molecule has 0 bridgehead atoms. The van der Waals surface area contributed by atoms with Gasteiger partial charge in [-0.05, 0) is 6.92 Å². The maximum atomic E-state index is 11.5. The summed E-state index contributed by atoms with van der Waals surface area (Å²) >= 11 is 0. The lowest BCUT2D eigenvalue weighted by Gasteiger charge is -2.19. The number of nitrogens with zero attached hydrogens (tertiary/aromatic N) is 1. The minimum absolute atomic E-state index is 0.0915. The van der Waals surface area contributed by atoms with E-state index in [1.54, 1.807) is 6.92 Å². The first-order chi connectivity index (χ1) is 7.56. The summed E-state index contributed by atoms with van der Waals surface area (Å²) in [5.74, 6) is 1.22. The van der Waals surface area contributed by atoms with Crippen molar-refractivity contribution in [2.45, 2.75) is 13.0 Å². The zero-order chi connectivity index (χ0) is 12.6. The van der Waals surface area contributed by atoms with Gasteiger partial charge in [0, 0.05) is 13.7 Å². The molecule has 0 aliphatic carbocycles. The number of hydrogen-bond donors (Lipinski definition) is 2. The Morgan fingerprint density at radius 2 is 2.25 bits per heavy atom. The molecule has 0 fully saturated rings. The number of hydrogen-bond acceptors (Lipinski definition) is 3. The fourth-order valence-electron chi connectivity index (χ4n) is 1.00. The van der Waals surface area contributed by atoms with Gasteiger partial charge in [-0.15, -0.1) is 6.42 Å². The summed E-state index contributed by atoms with van der Waals surface area (Å²) in [5, 5.41) is 11.1.